The van der Waals surface area contributed by atoms with Crippen LogP contribution in [0.4, 0.5) is 5.69 Å². The van der Waals surface area contributed by atoms with Crippen LogP contribution in [0.25, 0.3) is 0 Å². The number of nitriles is 1. The van der Waals surface area contributed by atoms with E-state index >= 15 is 0 Å². The molecule has 0 radical (unpaired) electrons. The van der Waals surface area contributed by atoms with Crippen molar-refractivity contribution in [2.24, 2.45) is 0 Å². The molecule has 0 atom stereocenters. The van der Waals surface area contributed by atoms with Gasteiger partial charge >= 0.3 is 0 Å². The smallest absolute Gasteiger partial charge is 0.101 e. The van der Waals surface area contributed by atoms with Crippen LogP contribution in [-0.4, -0.2) is 13.1 Å². The largest absolute Gasteiger partial charge is 0.370 e. The summed E-state index contributed by atoms with van der Waals surface area (Å²) in [5, 5.41) is 9.10. The van der Waals surface area contributed by atoms with Gasteiger partial charge in [-0.1, -0.05) is 12.1 Å². The molecule has 2 rings (SSSR count). The van der Waals surface area contributed by atoms with Gasteiger partial charge in [-0.15, -0.1) is 0 Å². The van der Waals surface area contributed by atoms with Gasteiger partial charge in [-0.05, 0) is 37.8 Å². The first-order valence-corrected chi connectivity index (χ1v) is 5.57. The summed E-state index contributed by atoms with van der Waals surface area (Å²) in [7, 11) is 0. The molecule has 0 aliphatic carbocycles. The van der Waals surface area contributed by atoms with Crippen molar-refractivity contribution in [3.63, 3.8) is 0 Å². The molecule has 78 valence electrons. The maximum Gasteiger partial charge on any atom is 0.101 e. The Morgan fingerprint density at radius 2 is 1.93 bits per heavy atom. The van der Waals surface area contributed by atoms with E-state index in [2.05, 4.69) is 24.0 Å². The number of rotatable bonds is 1. The highest BCUT2D eigenvalue weighted by atomic mass is 15.1. The van der Waals surface area contributed by atoms with Crippen LogP contribution in [0.15, 0.2) is 18.2 Å². The first kappa shape index (κ1) is 10.0. The zero-order chi connectivity index (χ0) is 10.7. The Labute approximate surface area is 91.1 Å². The molecule has 2 heteroatoms. The molecule has 1 fully saturated rings. The highest BCUT2D eigenvalue weighted by molar-refractivity contribution is 5.64. The SMILES string of the molecule is Cc1cccc(C#N)c1N1CCCCC1. The molecule has 2 nitrogen and oxygen atoms in total. The van der Waals surface area contributed by atoms with E-state index in [-0.39, 0.29) is 0 Å². The van der Waals surface area contributed by atoms with Crippen LogP contribution >= 0.6 is 0 Å². The minimum absolute atomic E-state index is 0.817. The van der Waals surface area contributed by atoms with Gasteiger partial charge in [0.25, 0.3) is 0 Å². The second-order valence-corrected chi connectivity index (χ2v) is 4.13. The number of nitrogens with zero attached hydrogens (tertiary/aromatic N) is 2. The van der Waals surface area contributed by atoms with E-state index in [0.29, 0.717) is 0 Å². The minimum Gasteiger partial charge on any atom is -0.370 e. The third-order valence-electron chi connectivity index (χ3n) is 3.03. The van der Waals surface area contributed by atoms with Crippen LogP contribution in [0.3, 0.4) is 0 Å². The van der Waals surface area contributed by atoms with Gasteiger partial charge in [-0.3, -0.25) is 0 Å². The van der Waals surface area contributed by atoms with Crippen LogP contribution in [0, 0.1) is 18.3 Å². The zero-order valence-electron chi connectivity index (χ0n) is 9.16. The number of hydrogen-bond donors (Lipinski definition) is 0. The quantitative estimate of drug-likeness (QED) is 0.697. The number of piperidine rings is 1. The highest BCUT2D eigenvalue weighted by Gasteiger charge is 2.15. The molecule has 1 aromatic carbocycles. The molecule has 0 unspecified atom stereocenters. The van der Waals surface area contributed by atoms with Crippen molar-refractivity contribution in [2.75, 3.05) is 18.0 Å². The molecular weight excluding hydrogens is 184 g/mol. The van der Waals surface area contributed by atoms with Gasteiger partial charge in [0.05, 0.1) is 11.3 Å². The first-order valence-electron chi connectivity index (χ1n) is 5.57. The van der Waals surface area contributed by atoms with Crippen molar-refractivity contribution in [3.05, 3.63) is 29.3 Å². The fourth-order valence-corrected chi connectivity index (χ4v) is 2.29. The molecule has 1 saturated heterocycles. The van der Waals surface area contributed by atoms with Crippen molar-refractivity contribution in [3.8, 4) is 6.07 Å². The molecule has 0 amide bonds. The molecule has 1 aliphatic heterocycles. The summed E-state index contributed by atoms with van der Waals surface area (Å²) in [6.45, 7) is 4.28. The monoisotopic (exact) mass is 200 g/mol. The fraction of sp³-hybridized carbons (Fsp3) is 0.462. The topological polar surface area (TPSA) is 27.0 Å². The van der Waals surface area contributed by atoms with Crippen LogP contribution in [-0.2, 0) is 0 Å². The van der Waals surface area contributed by atoms with Gasteiger partial charge < -0.3 is 4.90 Å². The van der Waals surface area contributed by atoms with Crippen LogP contribution in [0.2, 0.25) is 0 Å². The van der Waals surface area contributed by atoms with E-state index in [0.717, 1.165) is 24.3 Å². The van der Waals surface area contributed by atoms with Crippen molar-refractivity contribution >= 4 is 5.69 Å². The Bertz CT molecular complexity index is 384. The van der Waals surface area contributed by atoms with Crippen molar-refractivity contribution < 1.29 is 0 Å². The fourth-order valence-electron chi connectivity index (χ4n) is 2.29. The summed E-state index contributed by atoms with van der Waals surface area (Å²) in [6.07, 6.45) is 3.82. The lowest BCUT2D eigenvalue weighted by molar-refractivity contribution is 0.576. The van der Waals surface area contributed by atoms with E-state index in [1.807, 2.05) is 12.1 Å². The molecule has 1 aromatic rings. The molecule has 15 heavy (non-hydrogen) atoms. The molecule has 0 saturated carbocycles. The van der Waals surface area contributed by atoms with E-state index in [4.69, 9.17) is 5.26 Å². The maximum absolute atomic E-state index is 9.10. The average molecular weight is 200 g/mol. The minimum atomic E-state index is 0.817. The Morgan fingerprint density at radius 3 is 2.60 bits per heavy atom. The van der Waals surface area contributed by atoms with Gasteiger partial charge in [-0.2, -0.15) is 5.26 Å². The first-order chi connectivity index (χ1) is 7.33. The van der Waals surface area contributed by atoms with Gasteiger partial charge in [0.2, 0.25) is 0 Å². The predicted molar refractivity (Wildman–Crippen MR) is 62.0 cm³/mol. The number of aryl methyl sites for hydroxylation is 1. The summed E-state index contributed by atoms with van der Waals surface area (Å²) in [5.74, 6) is 0. The zero-order valence-corrected chi connectivity index (χ0v) is 9.16. The highest BCUT2D eigenvalue weighted by Crippen LogP contribution is 2.27. The lowest BCUT2D eigenvalue weighted by Crippen LogP contribution is -2.30. The van der Waals surface area contributed by atoms with Crippen molar-refractivity contribution in [1.29, 1.82) is 5.26 Å². The Balaban J connectivity index is 2.37. The molecule has 1 aliphatic rings. The van der Waals surface area contributed by atoms with E-state index in [9.17, 15) is 0 Å². The van der Waals surface area contributed by atoms with Crippen LogP contribution < -0.4 is 4.90 Å². The summed E-state index contributed by atoms with van der Waals surface area (Å²) >= 11 is 0. The van der Waals surface area contributed by atoms with Gasteiger partial charge in [-0.25, -0.2) is 0 Å². The number of hydrogen-bond acceptors (Lipinski definition) is 2. The Morgan fingerprint density at radius 1 is 1.20 bits per heavy atom. The van der Waals surface area contributed by atoms with E-state index in [1.54, 1.807) is 0 Å². The van der Waals surface area contributed by atoms with E-state index in [1.165, 1.54) is 24.8 Å². The summed E-state index contributed by atoms with van der Waals surface area (Å²) in [4.78, 5) is 2.36. The van der Waals surface area contributed by atoms with Crippen LogP contribution in [0.1, 0.15) is 30.4 Å². The molecule has 0 bridgehead atoms. The molecule has 1 heterocycles. The van der Waals surface area contributed by atoms with E-state index < -0.39 is 0 Å². The number of anilines is 1. The normalized spacial score (nSPS) is 16.1. The summed E-state index contributed by atoms with van der Waals surface area (Å²) in [5.41, 5.74) is 3.19. The predicted octanol–water partition coefficient (Wildman–Crippen LogP) is 2.86. The van der Waals surface area contributed by atoms with Crippen molar-refractivity contribution in [1.82, 2.24) is 0 Å². The van der Waals surface area contributed by atoms with Crippen molar-refractivity contribution in [2.45, 2.75) is 26.2 Å². The lowest BCUT2D eigenvalue weighted by atomic mass is 10.0. The van der Waals surface area contributed by atoms with Gasteiger partial charge in [0, 0.05) is 13.1 Å². The number of benzene rings is 1. The van der Waals surface area contributed by atoms with Crippen LogP contribution in [0.5, 0.6) is 0 Å². The van der Waals surface area contributed by atoms with Gasteiger partial charge in [0.15, 0.2) is 0 Å². The second kappa shape index (κ2) is 4.35. The third-order valence-corrected chi connectivity index (χ3v) is 3.03. The summed E-state index contributed by atoms with van der Waals surface area (Å²) < 4.78 is 0. The summed E-state index contributed by atoms with van der Waals surface area (Å²) in [6, 6.07) is 8.25. The molecule has 0 aromatic heterocycles. The Hall–Kier alpha value is -1.49. The molecular formula is C13H16N2. The Kier molecular flexibility index (Phi) is 2.91. The third kappa shape index (κ3) is 1.97. The van der Waals surface area contributed by atoms with Gasteiger partial charge in [0.1, 0.15) is 6.07 Å². The average Bonchev–Trinajstić information content (AvgIpc) is 2.29. The number of para-hydroxylation sites is 1. The molecule has 0 N–H and O–H groups in total. The maximum atomic E-state index is 9.10. The lowest BCUT2D eigenvalue weighted by Gasteiger charge is -2.30. The standard InChI is InChI=1S/C13H16N2/c1-11-6-5-7-12(10-14)13(11)15-8-3-2-4-9-15/h5-7H,2-4,8-9H2,1H3. The second-order valence-electron chi connectivity index (χ2n) is 4.13. The molecule has 0 spiro atoms.